The number of guanidine groups is 1. The minimum Gasteiger partial charge on any atom is -0.450 e. The summed E-state index contributed by atoms with van der Waals surface area (Å²) in [6.45, 7) is 7.17. The van der Waals surface area contributed by atoms with Gasteiger partial charge in [0.05, 0.1) is 6.61 Å². The minimum absolute atomic E-state index is 0.216. The first-order chi connectivity index (χ1) is 12.6. The van der Waals surface area contributed by atoms with Crippen molar-refractivity contribution in [1.82, 2.24) is 15.5 Å². The molecule has 0 aromatic heterocycles. The summed E-state index contributed by atoms with van der Waals surface area (Å²) in [4.78, 5) is 18.2. The SMILES string of the molecule is CCNC(=NCCc1ccccc1Cl)NC1CCN(C(=O)OCC)CC1. The van der Waals surface area contributed by atoms with Crippen LogP contribution in [0.15, 0.2) is 29.3 Å². The lowest BCUT2D eigenvalue weighted by Gasteiger charge is -2.32. The highest BCUT2D eigenvalue weighted by Gasteiger charge is 2.23. The zero-order chi connectivity index (χ0) is 18.8. The van der Waals surface area contributed by atoms with Crippen molar-refractivity contribution in [3.8, 4) is 0 Å². The Morgan fingerprint density at radius 2 is 2.04 bits per heavy atom. The van der Waals surface area contributed by atoms with Crippen molar-refractivity contribution in [2.24, 2.45) is 4.99 Å². The van der Waals surface area contributed by atoms with Crippen LogP contribution in [0.25, 0.3) is 0 Å². The van der Waals surface area contributed by atoms with Gasteiger partial charge in [-0.05, 0) is 44.7 Å². The number of hydrogen-bond donors (Lipinski definition) is 2. The Balaban J connectivity index is 1.82. The zero-order valence-electron chi connectivity index (χ0n) is 15.6. The van der Waals surface area contributed by atoms with Crippen molar-refractivity contribution in [3.05, 3.63) is 34.9 Å². The highest BCUT2D eigenvalue weighted by atomic mass is 35.5. The maximum Gasteiger partial charge on any atom is 0.409 e. The summed E-state index contributed by atoms with van der Waals surface area (Å²) < 4.78 is 5.06. The lowest BCUT2D eigenvalue weighted by molar-refractivity contribution is 0.0963. The lowest BCUT2D eigenvalue weighted by Crippen LogP contribution is -2.50. The average molecular weight is 381 g/mol. The summed E-state index contributed by atoms with van der Waals surface area (Å²) >= 11 is 6.20. The van der Waals surface area contributed by atoms with Crippen LogP contribution < -0.4 is 10.6 Å². The highest BCUT2D eigenvalue weighted by Crippen LogP contribution is 2.15. The predicted molar refractivity (Wildman–Crippen MR) is 106 cm³/mol. The van der Waals surface area contributed by atoms with Gasteiger partial charge >= 0.3 is 6.09 Å². The molecule has 7 heteroatoms. The van der Waals surface area contributed by atoms with Gasteiger partial charge in [-0.25, -0.2) is 4.79 Å². The maximum atomic E-state index is 11.8. The maximum absolute atomic E-state index is 11.8. The number of hydrogen-bond acceptors (Lipinski definition) is 3. The zero-order valence-corrected chi connectivity index (χ0v) is 16.4. The van der Waals surface area contributed by atoms with Crippen LogP contribution in [-0.4, -0.2) is 55.8 Å². The van der Waals surface area contributed by atoms with E-state index >= 15 is 0 Å². The van der Waals surface area contributed by atoms with Crippen molar-refractivity contribution < 1.29 is 9.53 Å². The van der Waals surface area contributed by atoms with E-state index in [1.54, 1.807) is 4.90 Å². The van der Waals surface area contributed by atoms with Gasteiger partial charge in [-0.3, -0.25) is 4.99 Å². The number of piperidine rings is 1. The first-order valence-electron chi connectivity index (χ1n) is 9.34. The number of halogens is 1. The van der Waals surface area contributed by atoms with Gasteiger partial charge in [0, 0.05) is 37.2 Å². The number of carbonyl (C=O) groups excluding carboxylic acids is 1. The molecule has 6 nitrogen and oxygen atoms in total. The molecule has 26 heavy (non-hydrogen) atoms. The molecule has 2 rings (SSSR count). The van der Waals surface area contributed by atoms with Crippen LogP contribution in [0.2, 0.25) is 5.02 Å². The Morgan fingerprint density at radius 3 is 2.69 bits per heavy atom. The van der Waals surface area contributed by atoms with Crippen LogP contribution in [0.4, 0.5) is 4.79 Å². The van der Waals surface area contributed by atoms with Gasteiger partial charge in [0.2, 0.25) is 0 Å². The number of benzene rings is 1. The molecule has 0 radical (unpaired) electrons. The first kappa shape index (κ1) is 20.4. The molecule has 1 fully saturated rings. The number of amides is 1. The Labute approximate surface area is 161 Å². The van der Waals surface area contributed by atoms with Crippen molar-refractivity contribution in [3.63, 3.8) is 0 Å². The summed E-state index contributed by atoms with van der Waals surface area (Å²) in [5, 5.41) is 7.55. The fourth-order valence-electron chi connectivity index (χ4n) is 2.92. The summed E-state index contributed by atoms with van der Waals surface area (Å²) in [6.07, 6.45) is 2.35. The standard InChI is InChI=1S/C19H29ClN4O2/c1-3-21-18(22-12-9-15-7-5-6-8-17(15)20)23-16-10-13-24(14-11-16)19(25)26-4-2/h5-8,16H,3-4,9-14H2,1-2H3,(H2,21,22,23). The second kappa shape index (κ2) is 10.9. The molecule has 1 amide bonds. The molecule has 1 saturated heterocycles. The minimum atomic E-state index is -0.216. The fraction of sp³-hybridized carbons (Fsp3) is 0.579. The molecule has 1 aromatic carbocycles. The van der Waals surface area contributed by atoms with Gasteiger partial charge in [0.25, 0.3) is 0 Å². The lowest BCUT2D eigenvalue weighted by atomic mass is 10.1. The molecule has 0 unspecified atom stereocenters. The van der Waals surface area contributed by atoms with Crippen molar-refractivity contribution in [2.75, 3.05) is 32.8 Å². The van der Waals surface area contributed by atoms with E-state index in [0.717, 1.165) is 42.4 Å². The molecular weight excluding hydrogens is 352 g/mol. The smallest absolute Gasteiger partial charge is 0.409 e. The summed E-state index contributed by atoms with van der Waals surface area (Å²) in [5.41, 5.74) is 1.11. The number of rotatable bonds is 6. The van der Waals surface area contributed by atoms with Gasteiger partial charge < -0.3 is 20.3 Å². The summed E-state index contributed by atoms with van der Waals surface area (Å²) in [5.74, 6) is 0.814. The monoisotopic (exact) mass is 380 g/mol. The molecule has 1 aromatic rings. The molecule has 1 aliphatic heterocycles. The molecule has 0 atom stereocenters. The number of carbonyl (C=O) groups is 1. The van der Waals surface area contributed by atoms with E-state index in [2.05, 4.69) is 22.5 Å². The third-order valence-corrected chi connectivity index (χ3v) is 4.68. The number of ether oxygens (including phenoxy) is 1. The molecule has 0 spiro atoms. The third-order valence-electron chi connectivity index (χ3n) is 4.31. The average Bonchev–Trinajstić information content (AvgIpc) is 2.64. The van der Waals surface area contributed by atoms with Crippen molar-refractivity contribution >= 4 is 23.7 Å². The first-order valence-corrected chi connectivity index (χ1v) is 9.71. The Kier molecular flexibility index (Phi) is 8.54. The van der Waals surface area contributed by atoms with Crippen LogP contribution in [-0.2, 0) is 11.2 Å². The Morgan fingerprint density at radius 1 is 1.31 bits per heavy atom. The van der Waals surface area contributed by atoms with Crippen LogP contribution in [0, 0.1) is 0 Å². The number of aliphatic imine (C=N–C) groups is 1. The normalized spacial score (nSPS) is 15.7. The summed E-state index contributed by atoms with van der Waals surface area (Å²) in [7, 11) is 0. The molecule has 0 bridgehead atoms. The largest absolute Gasteiger partial charge is 0.450 e. The number of likely N-dealkylation sites (tertiary alicyclic amines) is 1. The van der Waals surface area contributed by atoms with Gasteiger partial charge in [-0.1, -0.05) is 29.8 Å². The Bertz CT molecular complexity index is 601. The van der Waals surface area contributed by atoms with E-state index < -0.39 is 0 Å². The fourth-order valence-corrected chi connectivity index (χ4v) is 3.15. The Hall–Kier alpha value is -1.95. The van der Waals surface area contributed by atoms with E-state index in [0.29, 0.717) is 32.3 Å². The van der Waals surface area contributed by atoms with E-state index in [-0.39, 0.29) is 6.09 Å². The quantitative estimate of drug-likeness (QED) is 0.588. The third kappa shape index (κ3) is 6.41. The molecule has 1 heterocycles. The molecule has 0 saturated carbocycles. The molecule has 0 aliphatic carbocycles. The molecule has 2 N–H and O–H groups in total. The molecule has 144 valence electrons. The molecular formula is C19H29ClN4O2. The van der Waals surface area contributed by atoms with E-state index in [1.165, 1.54) is 0 Å². The number of nitrogens with zero attached hydrogens (tertiary/aromatic N) is 2. The van der Waals surface area contributed by atoms with Gasteiger partial charge in [-0.15, -0.1) is 0 Å². The van der Waals surface area contributed by atoms with Crippen LogP contribution in [0.5, 0.6) is 0 Å². The van der Waals surface area contributed by atoms with Crippen LogP contribution >= 0.6 is 11.6 Å². The van der Waals surface area contributed by atoms with E-state index in [1.807, 2.05) is 31.2 Å². The topological polar surface area (TPSA) is 66.0 Å². The van der Waals surface area contributed by atoms with E-state index in [4.69, 9.17) is 16.3 Å². The van der Waals surface area contributed by atoms with Gasteiger partial charge in [0.15, 0.2) is 5.96 Å². The highest BCUT2D eigenvalue weighted by molar-refractivity contribution is 6.31. The van der Waals surface area contributed by atoms with Gasteiger partial charge in [0.1, 0.15) is 0 Å². The predicted octanol–water partition coefficient (Wildman–Crippen LogP) is 3.06. The summed E-state index contributed by atoms with van der Waals surface area (Å²) in [6, 6.07) is 8.17. The molecule has 1 aliphatic rings. The second-order valence-corrected chi connectivity index (χ2v) is 6.61. The number of nitrogens with one attached hydrogen (secondary N) is 2. The van der Waals surface area contributed by atoms with Crippen LogP contribution in [0.1, 0.15) is 32.3 Å². The second-order valence-electron chi connectivity index (χ2n) is 6.21. The van der Waals surface area contributed by atoms with Crippen LogP contribution in [0.3, 0.4) is 0 Å². The van der Waals surface area contributed by atoms with Gasteiger partial charge in [-0.2, -0.15) is 0 Å². The van der Waals surface area contributed by atoms with Crippen molar-refractivity contribution in [1.29, 1.82) is 0 Å². The van der Waals surface area contributed by atoms with Crippen molar-refractivity contribution in [2.45, 2.75) is 39.2 Å². The van der Waals surface area contributed by atoms with E-state index in [9.17, 15) is 4.79 Å².